The number of Topliss-reactive ketones (excluding diaryl/α,β-unsaturated/α-hetero) is 1. The third-order valence-electron chi connectivity index (χ3n) is 3.39. The second kappa shape index (κ2) is 4.37. The molecule has 2 aromatic rings. The maximum atomic E-state index is 12.6. The summed E-state index contributed by atoms with van der Waals surface area (Å²) in [6.07, 6.45) is 5.56. The zero-order valence-corrected chi connectivity index (χ0v) is 10.3. The lowest BCUT2D eigenvalue weighted by Gasteiger charge is -2.14. The molecule has 0 saturated carbocycles. The molecule has 0 aliphatic carbocycles. The summed E-state index contributed by atoms with van der Waals surface area (Å²) < 4.78 is 1.77. The molecule has 92 valence electrons. The molecule has 0 radical (unpaired) electrons. The molecule has 4 heteroatoms. The van der Waals surface area contributed by atoms with Crippen LogP contribution in [0.2, 0.25) is 0 Å². The third kappa shape index (κ3) is 1.74. The van der Waals surface area contributed by atoms with Crippen molar-refractivity contribution in [2.75, 3.05) is 6.54 Å². The molecule has 1 aliphatic heterocycles. The van der Waals surface area contributed by atoms with Crippen molar-refractivity contribution in [3.05, 3.63) is 35.7 Å². The van der Waals surface area contributed by atoms with E-state index in [9.17, 15) is 4.79 Å². The summed E-state index contributed by atoms with van der Waals surface area (Å²) >= 11 is 0. The fourth-order valence-corrected chi connectivity index (χ4v) is 2.48. The van der Waals surface area contributed by atoms with E-state index in [0.29, 0.717) is 0 Å². The molecule has 0 bridgehead atoms. The summed E-state index contributed by atoms with van der Waals surface area (Å²) in [7, 11) is 0. The third-order valence-corrected chi connectivity index (χ3v) is 3.39. The van der Waals surface area contributed by atoms with Gasteiger partial charge in [-0.05, 0) is 31.9 Å². The maximum Gasteiger partial charge on any atom is 0.175 e. The molecular weight excluding hydrogens is 226 g/mol. The summed E-state index contributed by atoms with van der Waals surface area (Å²) in [5.41, 5.74) is 2.43. The monoisotopic (exact) mass is 241 g/mol. The van der Waals surface area contributed by atoms with Crippen molar-refractivity contribution in [2.24, 2.45) is 10.9 Å². The molecule has 1 aliphatic rings. The van der Waals surface area contributed by atoms with Crippen LogP contribution < -0.4 is 0 Å². The van der Waals surface area contributed by atoms with Gasteiger partial charge < -0.3 is 0 Å². The summed E-state index contributed by atoms with van der Waals surface area (Å²) in [5, 5.41) is 4.38. The lowest BCUT2D eigenvalue weighted by Crippen LogP contribution is -2.20. The Bertz CT molecular complexity index is 627. The van der Waals surface area contributed by atoms with E-state index in [1.54, 1.807) is 10.7 Å². The minimum absolute atomic E-state index is 0.0781. The van der Waals surface area contributed by atoms with Crippen molar-refractivity contribution < 1.29 is 4.79 Å². The lowest BCUT2D eigenvalue weighted by molar-refractivity contribution is 0.0950. The minimum Gasteiger partial charge on any atom is -0.297 e. The molecule has 0 aromatic carbocycles. The van der Waals surface area contributed by atoms with Crippen molar-refractivity contribution in [1.29, 1.82) is 0 Å². The predicted molar refractivity (Wildman–Crippen MR) is 70.3 cm³/mol. The Kier molecular flexibility index (Phi) is 2.70. The van der Waals surface area contributed by atoms with Gasteiger partial charge in [0, 0.05) is 19.0 Å². The molecule has 0 fully saturated rings. The van der Waals surface area contributed by atoms with E-state index in [1.165, 1.54) is 0 Å². The number of aliphatic imine (C=N–C) groups is 1. The first-order chi connectivity index (χ1) is 8.77. The summed E-state index contributed by atoms with van der Waals surface area (Å²) in [4.78, 5) is 16.8. The largest absolute Gasteiger partial charge is 0.297 e. The summed E-state index contributed by atoms with van der Waals surface area (Å²) in [6, 6.07) is 5.78. The average molecular weight is 241 g/mol. The van der Waals surface area contributed by atoms with E-state index < -0.39 is 0 Å². The fourth-order valence-electron chi connectivity index (χ4n) is 2.48. The van der Waals surface area contributed by atoms with Gasteiger partial charge in [-0.2, -0.15) is 5.10 Å². The number of carbonyl (C=O) groups excluding carboxylic acids is 1. The molecular formula is C14H15N3O. The van der Waals surface area contributed by atoms with Gasteiger partial charge in [0.05, 0.1) is 22.7 Å². The van der Waals surface area contributed by atoms with Crippen LogP contribution in [0.25, 0.3) is 5.52 Å². The molecule has 1 atom stereocenters. The number of aryl methyl sites for hydroxylation is 1. The van der Waals surface area contributed by atoms with Gasteiger partial charge in [0.1, 0.15) is 0 Å². The van der Waals surface area contributed by atoms with Crippen LogP contribution in [0.5, 0.6) is 0 Å². The van der Waals surface area contributed by atoms with Gasteiger partial charge in [-0.1, -0.05) is 6.07 Å². The van der Waals surface area contributed by atoms with Gasteiger partial charge in [-0.3, -0.25) is 9.79 Å². The number of aromatic nitrogens is 2. The Morgan fingerprint density at radius 3 is 3.11 bits per heavy atom. The first-order valence-electron chi connectivity index (χ1n) is 6.25. The van der Waals surface area contributed by atoms with Crippen LogP contribution in [0.4, 0.5) is 0 Å². The van der Waals surface area contributed by atoms with Gasteiger partial charge in [-0.25, -0.2) is 4.52 Å². The van der Waals surface area contributed by atoms with Crippen molar-refractivity contribution in [3.8, 4) is 0 Å². The Morgan fingerprint density at radius 2 is 2.33 bits per heavy atom. The summed E-state index contributed by atoms with van der Waals surface area (Å²) in [6.45, 7) is 2.73. The highest BCUT2D eigenvalue weighted by Crippen LogP contribution is 2.22. The van der Waals surface area contributed by atoms with Crippen LogP contribution in [0.1, 0.15) is 28.9 Å². The smallest absolute Gasteiger partial charge is 0.175 e. The number of hydrogen-bond acceptors (Lipinski definition) is 3. The molecule has 1 unspecified atom stereocenters. The molecule has 0 saturated heterocycles. The summed E-state index contributed by atoms with van der Waals surface area (Å²) in [5.74, 6) is 0.0720. The highest BCUT2D eigenvalue weighted by atomic mass is 16.1. The average Bonchev–Trinajstić information content (AvgIpc) is 2.75. The van der Waals surface area contributed by atoms with E-state index in [2.05, 4.69) is 10.1 Å². The fraction of sp³-hybridized carbons (Fsp3) is 0.357. The van der Waals surface area contributed by atoms with E-state index in [0.717, 1.165) is 36.2 Å². The maximum absolute atomic E-state index is 12.6. The van der Waals surface area contributed by atoms with Crippen LogP contribution in [-0.4, -0.2) is 28.2 Å². The van der Waals surface area contributed by atoms with Crippen LogP contribution >= 0.6 is 0 Å². The molecule has 3 heterocycles. The topological polar surface area (TPSA) is 46.7 Å². The standard InChI is InChI=1S/C14H15N3O/c1-10-13(12-6-2-3-8-17(12)16-10)14(18)11-5-4-7-15-9-11/h2-3,6,8-9,11H,4-5,7H2,1H3. The van der Waals surface area contributed by atoms with E-state index in [1.807, 2.05) is 31.3 Å². The van der Waals surface area contributed by atoms with Crippen molar-refractivity contribution in [1.82, 2.24) is 9.61 Å². The van der Waals surface area contributed by atoms with Crippen LogP contribution in [0.3, 0.4) is 0 Å². The van der Waals surface area contributed by atoms with E-state index in [-0.39, 0.29) is 11.7 Å². The zero-order chi connectivity index (χ0) is 12.5. The quantitative estimate of drug-likeness (QED) is 0.757. The first kappa shape index (κ1) is 11.1. The van der Waals surface area contributed by atoms with Crippen LogP contribution in [-0.2, 0) is 0 Å². The van der Waals surface area contributed by atoms with Crippen molar-refractivity contribution in [3.63, 3.8) is 0 Å². The Labute approximate surface area is 105 Å². The van der Waals surface area contributed by atoms with Crippen LogP contribution in [0.15, 0.2) is 29.4 Å². The van der Waals surface area contributed by atoms with Crippen LogP contribution in [0, 0.1) is 12.8 Å². The number of rotatable bonds is 2. The number of ketones is 1. The molecule has 0 amide bonds. The number of nitrogens with zero attached hydrogens (tertiary/aromatic N) is 3. The molecule has 18 heavy (non-hydrogen) atoms. The molecule has 3 rings (SSSR count). The normalized spacial score (nSPS) is 19.3. The van der Waals surface area contributed by atoms with Gasteiger partial charge in [0.15, 0.2) is 5.78 Å². The number of carbonyl (C=O) groups is 1. The molecule has 0 spiro atoms. The molecule has 0 N–H and O–H groups in total. The zero-order valence-electron chi connectivity index (χ0n) is 10.3. The number of pyridine rings is 1. The predicted octanol–water partition coefficient (Wildman–Crippen LogP) is 2.31. The molecule has 4 nitrogen and oxygen atoms in total. The number of hydrogen-bond donors (Lipinski definition) is 0. The Hall–Kier alpha value is -1.97. The first-order valence-corrected chi connectivity index (χ1v) is 6.25. The highest BCUT2D eigenvalue weighted by molar-refractivity contribution is 6.11. The lowest BCUT2D eigenvalue weighted by atomic mass is 9.92. The van der Waals surface area contributed by atoms with Gasteiger partial charge in [-0.15, -0.1) is 0 Å². The van der Waals surface area contributed by atoms with Gasteiger partial charge >= 0.3 is 0 Å². The molecule has 2 aromatic heterocycles. The Morgan fingerprint density at radius 1 is 1.44 bits per heavy atom. The minimum atomic E-state index is -0.0781. The second-order valence-electron chi connectivity index (χ2n) is 4.66. The Balaban J connectivity index is 2.08. The number of fused-ring (bicyclic) bond motifs is 1. The van der Waals surface area contributed by atoms with E-state index in [4.69, 9.17) is 0 Å². The SMILES string of the molecule is Cc1nn2ccccc2c1C(=O)C1C=NCCC1. The van der Waals surface area contributed by atoms with Crippen molar-refractivity contribution in [2.45, 2.75) is 19.8 Å². The second-order valence-corrected chi connectivity index (χ2v) is 4.66. The van der Waals surface area contributed by atoms with Crippen molar-refractivity contribution >= 4 is 17.5 Å². The van der Waals surface area contributed by atoms with Gasteiger partial charge in [0.2, 0.25) is 0 Å². The van der Waals surface area contributed by atoms with Gasteiger partial charge in [0.25, 0.3) is 0 Å². The highest BCUT2D eigenvalue weighted by Gasteiger charge is 2.24. The van der Waals surface area contributed by atoms with E-state index >= 15 is 0 Å².